The Morgan fingerprint density at radius 1 is 1.00 bits per heavy atom. The predicted molar refractivity (Wildman–Crippen MR) is 94.7 cm³/mol. The summed E-state index contributed by atoms with van der Waals surface area (Å²) in [4.78, 5) is 28.7. The number of carbonyl (C=O) groups is 2. The fourth-order valence-electron chi connectivity index (χ4n) is 3.30. The molecule has 9 heteroatoms. The normalized spacial score (nSPS) is 20.4. The van der Waals surface area contributed by atoms with Crippen molar-refractivity contribution in [1.82, 2.24) is 11.0 Å². The molecule has 1 aliphatic carbocycles. The van der Waals surface area contributed by atoms with E-state index in [4.69, 9.17) is 4.84 Å². The molecule has 1 aromatic carbocycles. The Balaban J connectivity index is 1.74. The monoisotopic (exact) mass is 402 g/mol. The molecule has 1 fully saturated rings. The summed E-state index contributed by atoms with van der Waals surface area (Å²) in [7, 11) is 0. The maximum absolute atomic E-state index is 12.2. The quantitative estimate of drug-likeness (QED) is 0.725. The highest BCUT2D eigenvalue weighted by Gasteiger charge is 2.32. The highest BCUT2D eigenvalue weighted by molar-refractivity contribution is 5.89. The van der Waals surface area contributed by atoms with Crippen LogP contribution in [0.4, 0.5) is 13.2 Å². The minimum Gasteiger partial charge on any atom is -0.406 e. The number of alkyl halides is 3. The van der Waals surface area contributed by atoms with E-state index in [1.165, 1.54) is 0 Å². The SMILES string of the molecule is CC(C)(C)C1CCC(C(=O)NNOC(=O)c2ccc(OC(F)(F)F)cc2)CC1. The van der Waals surface area contributed by atoms with E-state index >= 15 is 0 Å². The fourth-order valence-corrected chi connectivity index (χ4v) is 3.30. The van der Waals surface area contributed by atoms with Crippen molar-refractivity contribution >= 4 is 11.9 Å². The Bertz CT molecular complexity index is 676. The van der Waals surface area contributed by atoms with Crippen molar-refractivity contribution in [1.29, 1.82) is 0 Å². The molecule has 0 aliphatic heterocycles. The molecule has 0 unspecified atom stereocenters. The van der Waals surface area contributed by atoms with Crippen LogP contribution in [0.2, 0.25) is 0 Å². The van der Waals surface area contributed by atoms with Crippen LogP contribution in [-0.2, 0) is 9.63 Å². The molecule has 1 aliphatic rings. The number of halogens is 3. The standard InChI is InChI=1S/C19H25F3N2O4/c1-18(2,3)14-8-4-12(5-9-14)16(25)23-24-28-17(26)13-6-10-15(11-7-13)27-19(20,21)22/h6-7,10-12,14,24H,4-5,8-9H2,1-3H3,(H,23,25). The van der Waals surface area contributed by atoms with Crippen molar-refractivity contribution in [3.63, 3.8) is 0 Å². The van der Waals surface area contributed by atoms with Crippen molar-refractivity contribution in [2.24, 2.45) is 17.3 Å². The zero-order valence-corrected chi connectivity index (χ0v) is 16.1. The average molecular weight is 402 g/mol. The first-order valence-corrected chi connectivity index (χ1v) is 9.07. The summed E-state index contributed by atoms with van der Waals surface area (Å²) in [6.45, 7) is 6.59. The van der Waals surface area contributed by atoms with Crippen molar-refractivity contribution < 1.29 is 32.3 Å². The third kappa shape index (κ3) is 6.70. The summed E-state index contributed by atoms with van der Waals surface area (Å²) >= 11 is 0. The number of carbonyl (C=O) groups excluding carboxylic acids is 2. The molecule has 156 valence electrons. The maximum Gasteiger partial charge on any atom is 0.573 e. The van der Waals surface area contributed by atoms with Gasteiger partial charge in [-0.05, 0) is 61.3 Å². The Morgan fingerprint density at radius 2 is 1.57 bits per heavy atom. The van der Waals surface area contributed by atoms with Crippen molar-refractivity contribution in [3.8, 4) is 5.75 Å². The number of nitrogens with one attached hydrogen (secondary N) is 2. The second-order valence-electron chi connectivity index (χ2n) is 7.97. The number of hydrogen-bond donors (Lipinski definition) is 2. The van der Waals surface area contributed by atoms with Crippen LogP contribution < -0.4 is 15.8 Å². The first-order chi connectivity index (χ1) is 13.0. The number of hydrazine groups is 1. The third-order valence-electron chi connectivity index (χ3n) is 4.96. The van der Waals surface area contributed by atoms with Crippen molar-refractivity contribution in [3.05, 3.63) is 29.8 Å². The molecule has 0 atom stereocenters. The Kier molecular flexibility index (Phi) is 6.92. The van der Waals surface area contributed by atoms with E-state index in [2.05, 4.69) is 36.5 Å². The lowest BCUT2D eigenvalue weighted by molar-refractivity contribution is -0.274. The van der Waals surface area contributed by atoms with E-state index < -0.39 is 18.1 Å². The lowest BCUT2D eigenvalue weighted by Crippen LogP contribution is -2.43. The van der Waals surface area contributed by atoms with Crippen LogP contribution in [0.3, 0.4) is 0 Å². The van der Waals surface area contributed by atoms with E-state index in [0.717, 1.165) is 49.9 Å². The van der Waals surface area contributed by atoms with Crippen molar-refractivity contribution in [2.75, 3.05) is 0 Å². The van der Waals surface area contributed by atoms with Crippen LogP contribution in [0, 0.1) is 17.3 Å². The summed E-state index contributed by atoms with van der Waals surface area (Å²) < 4.78 is 40.1. The van der Waals surface area contributed by atoms with Crippen LogP contribution in [0.1, 0.15) is 56.8 Å². The first kappa shape index (κ1) is 22.0. The van der Waals surface area contributed by atoms with Gasteiger partial charge in [-0.1, -0.05) is 26.4 Å². The summed E-state index contributed by atoms with van der Waals surface area (Å²) in [5, 5.41) is 0. The zero-order valence-electron chi connectivity index (χ0n) is 16.1. The molecule has 0 bridgehead atoms. The molecule has 28 heavy (non-hydrogen) atoms. The first-order valence-electron chi connectivity index (χ1n) is 9.07. The van der Waals surface area contributed by atoms with Crippen LogP contribution in [-0.4, -0.2) is 18.2 Å². The second kappa shape index (κ2) is 8.81. The summed E-state index contributed by atoms with van der Waals surface area (Å²) in [6.07, 6.45) is -1.34. The van der Waals surface area contributed by atoms with Gasteiger partial charge in [-0.15, -0.1) is 13.2 Å². The number of amides is 1. The second-order valence-corrected chi connectivity index (χ2v) is 7.97. The minimum atomic E-state index is -4.81. The molecule has 2 rings (SSSR count). The van der Waals surface area contributed by atoms with Gasteiger partial charge >= 0.3 is 12.3 Å². The molecule has 0 saturated heterocycles. The zero-order chi connectivity index (χ0) is 20.9. The Labute approximate surface area is 161 Å². The van der Waals surface area contributed by atoms with Gasteiger partial charge in [-0.3, -0.25) is 10.2 Å². The summed E-state index contributed by atoms with van der Waals surface area (Å²) in [5.74, 6) is -1.13. The van der Waals surface area contributed by atoms with E-state index in [0.29, 0.717) is 5.92 Å². The molecule has 0 radical (unpaired) electrons. The van der Waals surface area contributed by atoms with E-state index in [-0.39, 0.29) is 22.8 Å². The van der Waals surface area contributed by atoms with Gasteiger partial charge in [0.2, 0.25) is 5.91 Å². The molecule has 0 spiro atoms. The molecule has 1 saturated carbocycles. The molecule has 0 aromatic heterocycles. The number of ether oxygens (including phenoxy) is 1. The summed E-state index contributed by atoms with van der Waals surface area (Å²) in [6, 6.07) is 4.24. The van der Waals surface area contributed by atoms with Crippen LogP contribution in [0.25, 0.3) is 0 Å². The van der Waals surface area contributed by atoms with Crippen LogP contribution in [0.5, 0.6) is 5.75 Å². The van der Waals surface area contributed by atoms with Gasteiger partial charge in [0.25, 0.3) is 0 Å². The molecule has 1 amide bonds. The maximum atomic E-state index is 12.2. The van der Waals surface area contributed by atoms with Gasteiger partial charge in [0, 0.05) is 5.92 Å². The number of hydrogen-bond acceptors (Lipinski definition) is 5. The number of benzene rings is 1. The average Bonchev–Trinajstić information content (AvgIpc) is 2.60. The molecule has 2 N–H and O–H groups in total. The van der Waals surface area contributed by atoms with Gasteiger partial charge in [-0.2, -0.15) is 0 Å². The van der Waals surface area contributed by atoms with E-state index in [1.54, 1.807) is 0 Å². The Morgan fingerprint density at radius 3 is 2.07 bits per heavy atom. The highest BCUT2D eigenvalue weighted by atomic mass is 19.4. The minimum absolute atomic E-state index is 0.00181. The Hall–Kier alpha value is -2.29. The van der Waals surface area contributed by atoms with E-state index in [9.17, 15) is 22.8 Å². The molecular formula is C19H25F3N2O4. The van der Waals surface area contributed by atoms with E-state index in [1.807, 2.05) is 0 Å². The molecule has 1 aromatic rings. The topological polar surface area (TPSA) is 76.7 Å². The van der Waals surface area contributed by atoms with Gasteiger partial charge in [0.05, 0.1) is 5.56 Å². The molecule has 6 nitrogen and oxygen atoms in total. The molecular weight excluding hydrogens is 377 g/mol. The van der Waals surface area contributed by atoms with Gasteiger partial charge < -0.3 is 9.57 Å². The predicted octanol–water partition coefficient (Wildman–Crippen LogP) is 4.13. The fraction of sp³-hybridized carbons (Fsp3) is 0.579. The third-order valence-corrected chi connectivity index (χ3v) is 4.96. The highest BCUT2D eigenvalue weighted by Crippen LogP contribution is 2.39. The smallest absolute Gasteiger partial charge is 0.406 e. The van der Waals surface area contributed by atoms with Crippen LogP contribution in [0.15, 0.2) is 24.3 Å². The van der Waals surface area contributed by atoms with Crippen LogP contribution >= 0.6 is 0 Å². The molecule has 0 heterocycles. The largest absolute Gasteiger partial charge is 0.573 e. The van der Waals surface area contributed by atoms with Gasteiger partial charge in [0.1, 0.15) is 5.75 Å². The lowest BCUT2D eigenvalue weighted by Gasteiger charge is -2.36. The number of rotatable bonds is 5. The van der Waals surface area contributed by atoms with Gasteiger partial charge in [-0.25, -0.2) is 4.79 Å². The summed E-state index contributed by atoms with van der Waals surface area (Å²) in [5.41, 5.74) is 4.68. The lowest BCUT2D eigenvalue weighted by atomic mass is 9.70. The van der Waals surface area contributed by atoms with Gasteiger partial charge in [0.15, 0.2) is 0 Å². The van der Waals surface area contributed by atoms with Crippen molar-refractivity contribution in [2.45, 2.75) is 52.8 Å².